The van der Waals surface area contributed by atoms with Crippen LogP contribution in [0.15, 0.2) is 47.4 Å². The monoisotopic (exact) mass is 406 g/mol. The van der Waals surface area contributed by atoms with E-state index in [0.29, 0.717) is 0 Å². The Morgan fingerprint density at radius 1 is 1.04 bits per heavy atom. The molecule has 0 aliphatic carbocycles. The summed E-state index contributed by atoms with van der Waals surface area (Å²) in [7, 11) is -1.25. The highest BCUT2D eigenvalue weighted by atomic mass is 32.2. The molecule has 0 saturated carbocycles. The van der Waals surface area contributed by atoms with Gasteiger partial charge < -0.3 is 10.1 Å². The molecule has 9 nitrogen and oxygen atoms in total. The zero-order valence-electron chi connectivity index (χ0n) is 15.7. The molecule has 0 unspecified atom stereocenters. The smallest absolute Gasteiger partial charge is 0.269 e. The molecule has 2 amide bonds. The first-order valence-electron chi connectivity index (χ1n) is 8.28. The second kappa shape index (κ2) is 9.20. The number of carbonyl (C=O) groups excluding carboxylic acids is 2. The van der Waals surface area contributed by atoms with Crippen molar-refractivity contribution >= 4 is 27.5 Å². The van der Waals surface area contributed by atoms with Gasteiger partial charge in [-0.15, -0.1) is 0 Å². The third-order valence-electron chi connectivity index (χ3n) is 3.80. The molecule has 2 aromatic carbocycles. The van der Waals surface area contributed by atoms with Gasteiger partial charge in [-0.3, -0.25) is 20.4 Å². The Morgan fingerprint density at radius 2 is 1.71 bits per heavy atom. The Balaban J connectivity index is 1.98. The number of aryl methyl sites for hydroxylation is 1. The van der Waals surface area contributed by atoms with Crippen LogP contribution in [0.25, 0.3) is 0 Å². The summed E-state index contributed by atoms with van der Waals surface area (Å²) < 4.78 is 31.3. The van der Waals surface area contributed by atoms with Gasteiger partial charge in [-0.05, 0) is 44.3 Å². The van der Waals surface area contributed by atoms with Crippen molar-refractivity contribution < 1.29 is 22.7 Å². The number of nitrogens with one attached hydrogen (secondary N) is 4. The molecule has 2 rings (SSSR count). The van der Waals surface area contributed by atoms with Gasteiger partial charge in [-0.2, -0.15) is 0 Å². The summed E-state index contributed by atoms with van der Waals surface area (Å²) in [6.07, 6.45) is 0. The van der Waals surface area contributed by atoms with E-state index in [4.69, 9.17) is 4.74 Å². The Morgan fingerprint density at radius 3 is 2.32 bits per heavy atom. The highest BCUT2D eigenvalue weighted by Crippen LogP contribution is 2.24. The Labute approximate surface area is 163 Å². The molecule has 2 aromatic rings. The van der Waals surface area contributed by atoms with E-state index in [2.05, 4.69) is 20.9 Å². The van der Waals surface area contributed by atoms with Crippen molar-refractivity contribution in [3.8, 4) is 5.75 Å². The van der Waals surface area contributed by atoms with Crippen LogP contribution in [-0.4, -0.2) is 40.9 Å². The Hall–Kier alpha value is -3.11. The molecule has 28 heavy (non-hydrogen) atoms. The van der Waals surface area contributed by atoms with E-state index in [1.165, 1.54) is 26.3 Å². The first-order valence-corrected chi connectivity index (χ1v) is 9.76. The average molecular weight is 406 g/mol. The van der Waals surface area contributed by atoms with Crippen LogP contribution in [0.1, 0.15) is 15.9 Å². The SMILES string of the molecule is CNS(=O)(=O)c1cc(C(=O)NNC(=O)CNc2ccc(C)cc2)ccc1OC. The summed E-state index contributed by atoms with van der Waals surface area (Å²) in [4.78, 5) is 23.9. The van der Waals surface area contributed by atoms with E-state index in [1.54, 1.807) is 0 Å². The minimum Gasteiger partial charge on any atom is -0.495 e. The molecule has 4 N–H and O–H groups in total. The van der Waals surface area contributed by atoms with Crippen LogP contribution in [0.2, 0.25) is 0 Å². The number of amides is 2. The quantitative estimate of drug-likeness (QED) is 0.504. The lowest BCUT2D eigenvalue weighted by atomic mass is 10.2. The molecule has 0 bridgehead atoms. The molecule has 0 radical (unpaired) electrons. The number of ether oxygens (including phenoxy) is 1. The molecular formula is C18H22N4O5S. The predicted molar refractivity (Wildman–Crippen MR) is 105 cm³/mol. The molecule has 0 aliphatic heterocycles. The fourth-order valence-corrected chi connectivity index (χ4v) is 3.15. The number of hydrazine groups is 1. The third kappa shape index (κ3) is 5.44. The molecule has 0 fully saturated rings. The second-order valence-electron chi connectivity index (χ2n) is 5.80. The fourth-order valence-electron chi connectivity index (χ4n) is 2.23. The van der Waals surface area contributed by atoms with Crippen LogP contribution >= 0.6 is 0 Å². The number of sulfonamides is 1. The van der Waals surface area contributed by atoms with Crippen LogP contribution in [0, 0.1) is 6.92 Å². The summed E-state index contributed by atoms with van der Waals surface area (Å²) in [6.45, 7) is 1.91. The number of methoxy groups -OCH3 is 1. The first-order chi connectivity index (χ1) is 13.3. The first kappa shape index (κ1) is 21.2. The zero-order chi connectivity index (χ0) is 20.7. The number of carbonyl (C=O) groups is 2. The summed E-state index contributed by atoms with van der Waals surface area (Å²) >= 11 is 0. The van der Waals surface area contributed by atoms with Crippen LogP contribution in [0.4, 0.5) is 5.69 Å². The van der Waals surface area contributed by atoms with Crippen molar-refractivity contribution in [2.24, 2.45) is 0 Å². The van der Waals surface area contributed by atoms with Gasteiger partial charge in [0.15, 0.2) is 0 Å². The van der Waals surface area contributed by atoms with Crippen molar-refractivity contribution in [2.45, 2.75) is 11.8 Å². The number of benzene rings is 2. The normalized spacial score (nSPS) is 10.8. The molecule has 0 aromatic heterocycles. The third-order valence-corrected chi connectivity index (χ3v) is 5.24. The number of rotatable bonds is 7. The lowest BCUT2D eigenvalue weighted by Gasteiger charge is -2.12. The van der Waals surface area contributed by atoms with Gasteiger partial charge in [-0.25, -0.2) is 13.1 Å². The standard InChI is InChI=1S/C18H22N4O5S/c1-12-4-7-14(8-5-12)20-11-17(23)21-22-18(24)13-6-9-15(27-3)16(10-13)28(25,26)19-2/h4-10,19-20H,11H2,1-3H3,(H,21,23)(H,22,24). The lowest BCUT2D eigenvalue weighted by molar-refractivity contribution is -0.120. The molecule has 0 saturated heterocycles. The summed E-state index contributed by atoms with van der Waals surface area (Å²) in [5.41, 5.74) is 6.42. The largest absolute Gasteiger partial charge is 0.495 e. The van der Waals surface area contributed by atoms with Crippen LogP contribution in [0.3, 0.4) is 0 Å². The predicted octanol–water partition coefficient (Wildman–Crippen LogP) is 0.785. The molecule has 0 atom stereocenters. The molecular weight excluding hydrogens is 384 g/mol. The summed E-state index contributed by atoms with van der Waals surface area (Å²) in [6, 6.07) is 11.4. The molecule has 150 valence electrons. The van der Waals surface area contributed by atoms with Gasteiger partial charge in [0.1, 0.15) is 10.6 Å². The van der Waals surface area contributed by atoms with E-state index >= 15 is 0 Å². The molecule has 10 heteroatoms. The van der Waals surface area contributed by atoms with Gasteiger partial charge in [0.05, 0.1) is 13.7 Å². The number of anilines is 1. The van der Waals surface area contributed by atoms with E-state index in [9.17, 15) is 18.0 Å². The average Bonchev–Trinajstić information content (AvgIpc) is 2.71. The number of hydrogen-bond donors (Lipinski definition) is 4. The van der Waals surface area contributed by atoms with Gasteiger partial charge in [0, 0.05) is 11.3 Å². The van der Waals surface area contributed by atoms with Crippen LogP contribution in [0.5, 0.6) is 5.75 Å². The summed E-state index contributed by atoms with van der Waals surface area (Å²) in [5, 5.41) is 2.92. The molecule has 0 heterocycles. The Bertz CT molecular complexity index is 958. The van der Waals surface area contributed by atoms with E-state index in [1.807, 2.05) is 31.2 Å². The number of hydrogen-bond acceptors (Lipinski definition) is 6. The maximum Gasteiger partial charge on any atom is 0.269 e. The van der Waals surface area contributed by atoms with Gasteiger partial charge in [0.25, 0.3) is 11.8 Å². The van der Waals surface area contributed by atoms with E-state index < -0.39 is 21.8 Å². The lowest BCUT2D eigenvalue weighted by Crippen LogP contribution is -2.44. The second-order valence-corrected chi connectivity index (χ2v) is 7.65. The summed E-state index contributed by atoms with van der Waals surface area (Å²) in [5.74, 6) is -1.04. The van der Waals surface area contributed by atoms with Gasteiger partial charge in [-0.1, -0.05) is 17.7 Å². The van der Waals surface area contributed by atoms with E-state index in [0.717, 1.165) is 17.3 Å². The van der Waals surface area contributed by atoms with Crippen molar-refractivity contribution in [1.29, 1.82) is 0 Å². The van der Waals surface area contributed by atoms with Crippen molar-refractivity contribution in [3.05, 3.63) is 53.6 Å². The minimum atomic E-state index is -3.82. The highest BCUT2D eigenvalue weighted by molar-refractivity contribution is 7.89. The van der Waals surface area contributed by atoms with Crippen molar-refractivity contribution in [3.63, 3.8) is 0 Å². The van der Waals surface area contributed by atoms with Gasteiger partial charge >= 0.3 is 0 Å². The minimum absolute atomic E-state index is 0.0430. The topological polar surface area (TPSA) is 126 Å². The van der Waals surface area contributed by atoms with Crippen molar-refractivity contribution in [2.75, 3.05) is 26.0 Å². The zero-order valence-corrected chi connectivity index (χ0v) is 16.5. The molecule has 0 aliphatic rings. The van der Waals surface area contributed by atoms with Crippen LogP contribution in [-0.2, 0) is 14.8 Å². The van der Waals surface area contributed by atoms with Crippen LogP contribution < -0.4 is 25.6 Å². The molecule has 0 spiro atoms. The maximum absolute atomic E-state index is 12.2. The van der Waals surface area contributed by atoms with Gasteiger partial charge in [0.2, 0.25) is 10.0 Å². The maximum atomic E-state index is 12.2. The van der Waals surface area contributed by atoms with Crippen molar-refractivity contribution in [1.82, 2.24) is 15.6 Å². The van der Waals surface area contributed by atoms with E-state index in [-0.39, 0.29) is 22.8 Å². The Kier molecular flexibility index (Phi) is 6.96. The fraction of sp³-hybridized carbons (Fsp3) is 0.222. The highest BCUT2D eigenvalue weighted by Gasteiger charge is 2.20.